The zero-order valence-electron chi connectivity index (χ0n) is 14.9. The summed E-state index contributed by atoms with van der Waals surface area (Å²) in [6, 6.07) is 22.5. The van der Waals surface area contributed by atoms with E-state index < -0.39 is 0 Å². The number of hydrogen-bond acceptors (Lipinski definition) is 4. The van der Waals surface area contributed by atoms with Crippen LogP contribution in [-0.4, -0.2) is 9.78 Å². The number of aromatic nitrogens is 2. The normalized spacial score (nSPS) is 9.74. The van der Waals surface area contributed by atoms with Gasteiger partial charge in [0.05, 0.1) is 17.0 Å². The van der Waals surface area contributed by atoms with Gasteiger partial charge < -0.3 is 0 Å². The summed E-state index contributed by atoms with van der Waals surface area (Å²) in [5.41, 5.74) is 4.29. The van der Waals surface area contributed by atoms with Crippen LogP contribution < -0.4 is 10.4 Å². The molecule has 0 bridgehead atoms. The molecule has 0 atom stereocenters. The minimum Gasteiger partial charge on any atom is -0.238 e. The van der Waals surface area contributed by atoms with Crippen molar-refractivity contribution in [3.8, 4) is 23.9 Å². The molecule has 5 nitrogen and oxygen atoms in total. The zero-order chi connectivity index (χ0) is 19.4. The molecule has 0 spiro atoms. The SMILES string of the molecule is Cc1cc(C)n(-c2ccc(C(C#N)=c3ccc(=C(C#N)C#N)cc3)cc2)n1. The molecule has 3 aromatic rings. The minimum absolute atomic E-state index is 0.0503. The fraction of sp³-hybridized carbons (Fsp3) is 0.0909. The van der Waals surface area contributed by atoms with Crippen molar-refractivity contribution in [2.24, 2.45) is 0 Å². The molecule has 0 aliphatic rings. The molecular formula is C22H15N5. The largest absolute Gasteiger partial charge is 0.238 e. The van der Waals surface area contributed by atoms with Crippen LogP contribution in [0.5, 0.6) is 0 Å². The van der Waals surface area contributed by atoms with Crippen molar-refractivity contribution in [3.05, 3.63) is 82.0 Å². The smallest absolute Gasteiger partial charge is 0.136 e. The van der Waals surface area contributed by atoms with Gasteiger partial charge in [0.2, 0.25) is 0 Å². The lowest BCUT2D eigenvalue weighted by molar-refractivity contribution is 0.833. The Bertz CT molecular complexity index is 1220. The molecule has 0 radical (unpaired) electrons. The average molecular weight is 349 g/mol. The fourth-order valence-corrected chi connectivity index (χ4v) is 2.91. The van der Waals surface area contributed by atoms with E-state index in [4.69, 9.17) is 10.5 Å². The van der Waals surface area contributed by atoms with Gasteiger partial charge in [-0.1, -0.05) is 36.4 Å². The van der Waals surface area contributed by atoms with Gasteiger partial charge >= 0.3 is 0 Å². The van der Waals surface area contributed by atoms with Gasteiger partial charge in [0.1, 0.15) is 23.8 Å². The average Bonchev–Trinajstić information content (AvgIpc) is 3.03. The Labute approximate surface area is 157 Å². The highest BCUT2D eigenvalue weighted by Gasteiger charge is 2.06. The third-order valence-corrected chi connectivity index (χ3v) is 4.21. The molecule has 3 rings (SSSR count). The summed E-state index contributed by atoms with van der Waals surface area (Å²) in [5, 5.41) is 33.3. The number of nitrogens with zero attached hydrogens (tertiary/aromatic N) is 5. The number of hydrogen-bond donors (Lipinski definition) is 0. The van der Waals surface area contributed by atoms with Crippen LogP contribution in [-0.2, 0) is 0 Å². The summed E-state index contributed by atoms with van der Waals surface area (Å²) >= 11 is 0. The molecule has 27 heavy (non-hydrogen) atoms. The highest BCUT2D eigenvalue weighted by Crippen LogP contribution is 2.16. The maximum atomic E-state index is 9.62. The first kappa shape index (κ1) is 17.7. The van der Waals surface area contributed by atoms with Crippen LogP contribution in [0.25, 0.3) is 16.8 Å². The van der Waals surface area contributed by atoms with Crippen LogP contribution in [0.1, 0.15) is 17.0 Å². The highest BCUT2D eigenvalue weighted by atomic mass is 15.3. The lowest BCUT2D eigenvalue weighted by Gasteiger charge is -2.06. The Morgan fingerprint density at radius 1 is 0.815 bits per heavy atom. The summed E-state index contributed by atoms with van der Waals surface area (Å²) in [4.78, 5) is 0. The van der Waals surface area contributed by atoms with Crippen LogP contribution in [0.3, 0.4) is 0 Å². The number of aryl methyl sites for hydroxylation is 2. The van der Waals surface area contributed by atoms with Gasteiger partial charge in [0.25, 0.3) is 0 Å². The standard InChI is InChI=1S/C22H15N5/c1-15-11-16(2)27(26-15)21-9-7-19(8-10-21)22(14-25)18-5-3-17(4-6-18)20(12-23)13-24/h3-11H,1-2H3. The molecule has 0 fully saturated rings. The molecule has 128 valence electrons. The Kier molecular flexibility index (Phi) is 4.84. The molecule has 5 heteroatoms. The molecule has 0 saturated heterocycles. The molecule has 1 aromatic heterocycles. The third kappa shape index (κ3) is 3.47. The Hall–Kier alpha value is -4.14. The lowest BCUT2D eigenvalue weighted by atomic mass is 10.0. The third-order valence-electron chi connectivity index (χ3n) is 4.21. The van der Waals surface area contributed by atoms with Crippen LogP contribution in [0, 0.1) is 47.8 Å². The fourth-order valence-electron chi connectivity index (χ4n) is 2.91. The topological polar surface area (TPSA) is 89.2 Å². The van der Waals surface area contributed by atoms with Crippen LogP contribution in [0.15, 0.2) is 54.6 Å². The van der Waals surface area contributed by atoms with Crippen LogP contribution >= 0.6 is 0 Å². The van der Waals surface area contributed by atoms with E-state index in [2.05, 4.69) is 11.2 Å². The predicted octanol–water partition coefficient (Wildman–Crippen LogP) is 2.41. The molecule has 0 amide bonds. The van der Waals surface area contributed by atoms with Crippen molar-refractivity contribution < 1.29 is 0 Å². The second-order valence-corrected chi connectivity index (χ2v) is 6.05. The summed E-state index contributed by atoms with van der Waals surface area (Å²) < 4.78 is 1.86. The molecular weight excluding hydrogens is 334 g/mol. The molecule has 0 saturated carbocycles. The van der Waals surface area contributed by atoms with E-state index in [1.807, 2.05) is 61.0 Å². The van der Waals surface area contributed by atoms with Gasteiger partial charge in [-0.25, -0.2) is 4.68 Å². The maximum absolute atomic E-state index is 9.62. The Morgan fingerprint density at radius 2 is 1.41 bits per heavy atom. The number of benzene rings is 2. The van der Waals surface area contributed by atoms with Gasteiger partial charge in [-0.05, 0) is 42.8 Å². The van der Waals surface area contributed by atoms with Crippen molar-refractivity contribution in [1.29, 1.82) is 15.8 Å². The van der Waals surface area contributed by atoms with Gasteiger partial charge in [-0.15, -0.1) is 0 Å². The van der Waals surface area contributed by atoms with Gasteiger partial charge in [-0.2, -0.15) is 20.9 Å². The van der Waals surface area contributed by atoms with E-state index in [-0.39, 0.29) is 5.57 Å². The van der Waals surface area contributed by atoms with Crippen molar-refractivity contribution in [3.63, 3.8) is 0 Å². The van der Waals surface area contributed by atoms with Gasteiger partial charge in [0, 0.05) is 10.9 Å². The van der Waals surface area contributed by atoms with Crippen molar-refractivity contribution in [2.45, 2.75) is 13.8 Å². The second-order valence-electron chi connectivity index (χ2n) is 6.05. The Balaban J connectivity index is 2.07. The predicted molar refractivity (Wildman–Crippen MR) is 101 cm³/mol. The lowest BCUT2D eigenvalue weighted by Crippen LogP contribution is -2.12. The van der Waals surface area contributed by atoms with E-state index in [1.165, 1.54) is 0 Å². The highest BCUT2D eigenvalue weighted by molar-refractivity contribution is 5.77. The first-order valence-electron chi connectivity index (χ1n) is 8.26. The molecule has 0 aliphatic carbocycles. The molecule has 0 N–H and O–H groups in total. The van der Waals surface area contributed by atoms with Crippen LogP contribution in [0.4, 0.5) is 0 Å². The van der Waals surface area contributed by atoms with Crippen LogP contribution in [0.2, 0.25) is 0 Å². The molecule has 1 heterocycles. The Morgan fingerprint density at radius 3 is 1.89 bits per heavy atom. The zero-order valence-corrected chi connectivity index (χ0v) is 14.9. The molecule has 0 aliphatic heterocycles. The number of nitriles is 3. The van der Waals surface area contributed by atoms with E-state index in [0.29, 0.717) is 10.8 Å². The van der Waals surface area contributed by atoms with Gasteiger partial charge in [0.15, 0.2) is 0 Å². The number of rotatable bonds is 2. The molecule has 0 unspecified atom stereocenters. The quantitative estimate of drug-likeness (QED) is 0.710. The van der Waals surface area contributed by atoms with Gasteiger partial charge in [-0.3, -0.25) is 0 Å². The monoisotopic (exact) mass is 349 g/mol. The second kappa shape index (κ2) is 7.40. The van der Waals surface area contributed by atoms with E-state index in [1.54, 1.807) is 24.3 Å². The minimum atomic E-state index is 0.0503. The summed E-state index contributed by atoms with van der Waals surface area (Å²) in [5.74, 6) is 0. The van der Waals surface area contributed by atoms with Crippen molar-refractivity contribution >= 4 is 11.1 Å². The van der Waals surface area contributed by atoms with E-state index >= 15 is 0 Å². The van der Waals surface area contributed by atoms with E-state index in [9.17, 15) is 5.26 Å². The first-order chi connectivity index (χ1) is 13.1. The summed E-state index contributed by atoms with van der Waals surface area (Å²) in [7, 11) is 0. The maximum Gasteiger partial charge on any atom is 0.136 e. The first-order valence-corrected chi connectivity index (χ1v) is 8.26. The van der Waals surface area contributed by atoms with Crippen molar-refractivity contribution in [2.75, 3.05) is 0 Å². The summed E-state index contributed by atoms with van der Waals surface area (Å²) in [6.45, 7) is 3.95. The van der Waals surface area contributed by atoms with Crippen molar-refractivity contribution in [1.82, 2.24) is 9.78 Å². The van der Waals surface area contributed by atoms with E-state index in [0.717, 1.165) is 27.9 Å². The summed E-state index contributed by atoms with van der Waals surface area (Å²) in [6.07, 6.45) is 0. The molecule has 2 aromatic carbocycles.